The van der Waals surface area contributed by atoms with E-state index < -0.39 is 0 Å². The maximum atomic E-state index is 5.90. The summed E-state index contributed by atoms with van der Waals surface area (Å²) in [5, 5.41) is 5.11. The summed E-state index contributed by atoms with van der Waals surface area (Å²) < 4.78 is 7.68. The maximum Gasteiger partial charge on any atom is 0.221 e. The third-order valence-corrected chi connectivity index (χ3v) is 3.19. The van der Waals surface area contributed by atoms with E-state index in [2.05, 4.69) is 21.0 Å². The van der Waals surface area contributed by atoms with Crippen LogP contribution in [-0.2, 0) is 12.4 Å². The van der Waals surface area contributed by atoms with E-state index in [1.807, 2.05) is 45.2 Å². The van der Waals surface area contributed by atoms with Gasteiger partial charge in [-0.3, -0.25) is 0 Å². The molecule has 90 valence electrons. The van der Waals surface area contributed by atoms with E-state index in [0.29, 0.717) is 0 Å². The van der Waals surface area contributed by atoms with Crippen molar-refractivity contribution in [3.8, 4) is 11.6 Å². The van der Waals surface area contributed by atoms with Crippen LogP contribution in [0.5, 0.6) is 11.6 Å². The van der Waals surface area contributed by atoms with E-state index in [0.717, 1.165) is 28.2 Å². The van der Waals surface area contributed by atoms with Crippen molar-refractivity contribution in [2.24, 2.45) is 7.05 Å². The molecule has 0 saturated heterocycles. The number of nitrogens with zero attached hydrogens (tertiary/aromatic N) is 2. The van der Waals surface area contributed by atoms with Gasteiger partial charge in [0.15, 0.2) is 0 Å². The number of hydrogen-bond acceptors (Lipinski definition) is 2. The average molecular weight is 295 g/mol. The average Bonchev–Trinajstić information content (AvgIpc) is 2.53. The minimum absolute atomic E-state index is 0.744. The SMILES string of the molecule is Cc1cccc(Oc2c(CBr)c(C)nn2C)c1. The summed E-state index contributed by atoms with van der Waals surface area (Å²) in [5.74, 6) is 1.64. The first-order valence-electron chi connectivity index (χ1n) is 5.44. The molecule has 0 aliphatic rings. The van der Waals surface area contributed by atoms with E-state index >= 15 is 0 Å². The Balaban J connectivity index is 2.36. The normalized spacial score (nSPS) is 10.6. The van der Waals surface area contributed by atoms with Crippen LogP contribution in [0.3, 0.4) is 0 Å². The van der Waals surface area contributed by atoms with Gasteiger partial charge in [-0.25, -0.2) is 4.68 Å². The summed E-state index contributed by atoms with van der Waals surface area (Å²) in [6.45, 7) is 4.03. The number of ether oxygens (including phenoxy) is 1. The summed E-state index contributed by atoms with van der Waals surface area (Å²) in [6, 6.07) is 8.00. The molecule has 1 aromatic carbocycles. The number of rotatable bonds is 3. The van der Waals surface area contributed by atoms with Crippen LogP contribution in [0.15, 0.2) is 24.3 Å². The van der Waals surface area contributed by atoms with Gasteiger partial charge >= 0.3 is 0 Å². The van der Waals surface area contributed by atoms with Crippen molar-refractivity contribution in [3.05, 3.63) is 41.1 Å². The minimum atomic E-state index is 0.744. The molecular weight excluding hydrogens is 280 g/mol. The number of aromatic nitrogens is 2. The lowest BCUT2D eigenvalue weighted by atomic mass is 10.2. The second-order valence-corrected chi connectivity index (χ2v) is 4.61. The summed E-state index contributed by atoms with van der Waals surface area (Å²) in [4.78, 5) is 0. The Hall–Kier alpha value is -1.29. The molecule has 0 spiro atoms. The zero-order chi connectivity index (χ0) is 12.4. The van der Waals surface area contributed by atoms with Crippen LogP contribution in [0.1, 0.15) is 16.8 Å². The predicted molar refractivity (Wildman–Crippen MR) is 71.8 cm³/mol. The first kappa shape index (κ1) is 12.2. The molecule has 0 bridgehead atoms. The van der Waals surface area contributed by atoms with Crippen molar-refractivity contribution in [1.29, 1.82) is 0 Å². The Kier molecular flexibility index (Phi) is 3.52. The zero-order valence-electron chi connectivity index (χ0n) is 10.2. The maximum absolute atomic E-state index is 5.90. The summed E-state index contributed by atoms with van der Waals surface area (Å²) in [6.07, 6.45) is 0. The van der Waals surface area contributed by atoms with Crippen molar-refractivity contribution >= 4 is 15.9 Å². The highest BCUT2D eigenvalue weighted by Crippen LogP contribution is 2.29. The second kappa shape index (κ2) is 4.92. The Morgan fingerprint density at radius 3 is 2.76 bits per heavy atom. The lowest BCUT2D eigenvalue weighted by Gasteiger charge is -2.08. The van der Waals surface area contributed by atoms with Crippen LogP contribution < -0.4 is 4.74 Å². The summed E-state index contributed by atoms with van der Waals surface area (Å²) in [7, 11) is 1.89. The minimum Gasteiger partial charge on any atom is -0.439 e. The number of alkyl halides is 1. The van der Waals surface area contributed by atoms with Crippen LogP contribution in [0, 0.1) is 13.8 Å². The molecule has 1 heterocycles. The van der Waals surface area contributed by atoms with Gasteiger partial charge in [0.1, 0.15) is 5.75 Å². The third kappa shape index (κ3) is 2.52. The van der Waals surface area contributed by atoms with Crippen LogP contribution in [0.2, 0.25) is 0 Å². The van der Waals surface area contributed by atoms with Crippen LogP contribution in [0.4, 0.5) is 0 Å². The van der Waals surface area contributed by atoms with Crippen molar-refractivity contribution < 1.29 is 4.74 Å². The van der Waals surface area contributed by atoms with E-state index in [4.69, 9.17) is 4.74 Å². The van der Waals surface area contributed by atoms with Crippen molar-refractivity contribution in [2.75, 3.05) is 0 Å². The second-order valence-electron chi connectivity index (χ2n) is 4.04. The first-order chi connectivity index (χ1) is 8.11. The highest BCUT2D eigenvalue weighted by atomic mass is 79.9. The van der Waals surface area contributed by atoms with Gasteiger partial charge in [0.05, 0.1) is 5.69 Å². The van der Waals surface area contributed by atoms with E-state index in [9.17, 15) is 0 Å². The molecule has 4 heteroatoms. The molecule has 1 aromatic heterocycles. The molecule has 0 atom stereocenters. The molecule has 2 aromatic rings. The predicted octanol–water partition coefficient (Wildman–Crippen LogP) is 3.72. The molecule has 0 amide bonds. The van der Waals surface area contributed by atoms with Gasteiger partial charge in [-0.15, -0.1) is 0 Å². The van der Waals surface area contributed by atoms with Crippen LogP contribution >= 0.6 is 15.9 Å². The molecule has 0 saturated carbocycles. The van der Waals surface area contributed by atoms with E-state index in [-0.39, 0.29) is 0 Å². The van der Waals surface area contributed by atoms with E-state index in [1.165, 1.54) is 5.56 Å². The third-order valence-electron chi connectivity index (χ3n) is 2.63. The lowest BCUT2D eigenvalue weighted by Crippen LogP contribution is -1.96. The molecule has 0 aliphatic heterocycles. The summed E-state index contributed by atoms with van der Waals surface area (Å²) in [5.41, 5.74) is 3.27. The van der Waals surface area contributed by atoms with Crippen molar-refractivity contribution in [1.82, 2.24) is 9.78 Å². The Labute approximate surface area is 110 Å². The van der Waals surface area contributed by atoms with Gasteiger partial charge < -0.3 is 4.74 Å². The van der Waals surface area contributed by atoms with Crippen LogP contribution in [0.25, 0.3) is 0 Å². The first-order valence-corrected chi connectivity index (χ1v) is 6.57. The Bertz CT molecular complexity index is 534. The molecule has 0 aliphatic carbocycles. The smallest absolute Gasteiger partial charge is 0.221 e. The van der Waals surface area contributed by atoms with Gasteiger partial charge in [0.2, 0.25) is 5.88 Å². The van der Waals surface area contributed by atoms with Gasteiger partial charge in [0, 0.05) is 17.9 Å². The Morgan fingerprint density at radius 1 is 1.35 bits per heavy atom. The fourth-order valence-corrected chi connectivity index (χ4v) is 2.40. The highest BCUT2D eigenvalue weighted by Gasteiger charge is 2.14. The quantitative estimate of drug-likeness (QED) is 0.807. The molecule has 0 unspecified atom stereocenters. The number of halogens is 1. The topological polar surface area (TPSA) is 27.1 Å². The van der Waals surface area contributed by atoms with Gasteiger partial charge in [-0.2, -0.15) is 5.10 Å². The Morgan fingerprint density at radius 2 is 2.12 bits per heavy atom. The number of benzene rings is 1. The van der Waals surface area contributed by atoms with Gasteiger partial charge in [-0.1, -0.05) is 28.1 Å². The molecule has 3 nitrogen and oxygen atoms in total. The molecule has 0 radical (unpaired) electrons. The fourth-order valence-electron chi connectivity index (χ4n) is 1.75. The van der Waals surface area contributed by atoms with Crippen molar-refractivity contribution in [3.63, 3.8) is 0 Å². The van der Waals surface area contributed by atoms with Gasteiger partial charge in [0.25, 0.3) is 0 Å². The van der Waals surface area contributed by atoms with Crippen molar-refractivity contribution in [2.45, 2.75) is 19.2 Å². The lowest BCUT2D eigenvalue weighted by molar-refractivity contribution is 0.427. The fraction of sp³-hybridized carbons (Fsp3) is 0.308. The molecular formula is C13H15BrN2O. The van der Waals surface area contributed by atoms with E-state index in [1.54, 1.807) is 4.68 Å². The molecule has 2 rings (SSSR count). The van der Waals surface area contributed by atoms with Crippen LogP contribution in [-0.4, -0.2) is 9.78 Å². The number of hydrogen-bond donors (Lipinski definition) is 0. The van der Waals surface area contributed by atoms with Gasteiger partial charge in [-0.05, 0) is 31.5 Å². The number of aryl methyl sites for hydroxylation is 3. The highest BCUT2D eigenvalue weighted by molar-refractivity contribution is 9.08. The zero-order valence-corrected chi connectivity index (χ0v) is 11.8. The monoisotopic (exact) mass is 294 g/mol. The summed E-state index contributed by atoms with van der Waals surface area (Å²) >= 11 is 3.47. The molecule has 17 heavy (non-hydrogen) atoms. The largest absolute Gasteiger partial charge is 0.439 e. The molecule has 0 fully saturated rings. The molecule has 0 N–H and O–H groups in total. The standard InChI is InChI=1S/C13H15BrN2O/c1-9-5-4-6-11(7-9)17-13-12(8-14)10(2)15-16(13)3/h4-7H,8H2,1-3H3.